The summed E-state index contributed by atoms with van der Waals surface area (Å²) in [6, 6.07) is 0. The van der Waals surface area contributed by atoms with E-state index in [0.717, 1.165) is 18.0 Å². The molecule has 0 fully saturated rings. The molecule has 0 aliphatic rings. The minimum Gasteiger partial charge on any atom is -0.262 e. The van der Waals surface area contributed by atoms with Gasteiger partial charge in [0.05, 0.1) is 0 Å². The van der Waals surface area contributed by atoms with E-state index < -0.39 is 0 Å². The fourth-order valence-corrected chi connectivity index (χ4v) is 2.31. The lowest BCUT2D eigenvalue weighted by atomic mass is 10.0. The molecule has 0 radical (unpaired) electrons. The Morgan fingerprint density at radius 3 is 1.53 bits per heavy atom. The Morgan fingerprint density at radius 2 is 1.20 bits per heavy atom. The molecule has 0 saturated heterocycles. The zero-order valence-electron chi connectivity index (χ0n) is 24.0. The second-order valence-corrected chi connectivity index (χ2v) is 7.50. The summed E-state index contributed by atoms with van der Waals surface area (Å²) in [5.41, 5.74) is 3.94. The molecule has 1 heteroatoms. The normalized spacial score (nSPS) is 11.1. The van der Waals surface area contributed by atoms with Gasteiger partial charge in [0.2, 0.25) is 0 Å². The van der Waals surface area contributed by atoms with Gasteiger partial charge < -0.3 is 0 Å². The van der Waals surface area contributed by atoms with Crippen LogP contribution in [0.1, 0.15) is 155 Å². The van der Waals surface area contributed by atoms with Crippen LogP contribution in [0, 0.1) is 5.92 Å². The van der Waals surface area contributed by atoms with Gasteiger partial charge in [-0.15, -0.1) is 0 Å². The van der Waals surface area contributed by atoms with Crippen LogP contribution in [0.25, 0.3) is 0 Å². The van der Waals surface area contributed by atoms with Crippen molar-refractivity contribution in [2.24, 2.45) is 10.9 Å². The highest BCUT2D eigenvalue weighted by Crippen LogP contribution is 2.11. The van der Waals surface area contributed by atoms with Gasteiger partial charge >= 0.3 is 0 Å². The average Bonchev–Trinajstić information content (AvgIpc) is 2.75. The topological polar surface area (TPSA) is 12.4 Å². The Labute approximate surface area is 194 Å². The molecule has 0 N–H and O–H groups in total. The highest BCUT2D eigenvalue weighted by Gasteiger charge is 1.95. The minimum absolute atomic E-state index is 0.963. The SMILES string of the molecule is CC.CC.CCC.CCCC(C)CCC.CCCC/C(C)=C/C=NC(C)=C(C)CC. The van der Waals surface area contributed by atoms with Gasteiger partial charge in [0, 0.05) is 11.9 Å². The molecule has 0 rings (SSSR count). The Hall–Kier alpha value is -0.850. The standard InChI is InChI=1S/C14H25N.C8H18.C3H8.2C2H6/c1-6-8-9-12(3)10-11-15-14(5)13(4)7-2;1-4-6-8(3)7-5-2;1-3-2;2*1-2/h10-11H,6-9H2,1-5H3;8H,4-7H2,1-3H3;3H2,1-2H3;2*1-2H3/b12-10+,14-13?,15-11?;;;;. The first-order chi connectivity index (χ1) is 14.3. The summed E-state index contributed by atoms with van der Waals surface area (Å²) in [5, 5.41) is 0. The molecule has 0 aliphatic heterocycles. The lowest BCUT2D eigenvalue weighted by Crippen LogP contribution is -1.91. The summed E-state index contributed by atoms with van der Waals surface area (Å²) < 4.78 is 0. The molecule has 0 bridgehead atoms. The van der Waals surface area contributed by atoms with Crippen LogP contribution < -0.4 is 0 Å². The smallest absolute Gasteiger partial charge is 0.0361 e. The van der Waals surface area contributed by atoms with Crippen molar-refractivity contribution in [2.75, 3.05) is 0 Å². The van der Waals surface area contributed by atoms with Crippen molar-refractivity contribution in [3.05, 3.63) is 22.9 Å². The first kappa shape index (κ1) is 39.6. The molecule has 0 aromatic heterocycles. The third-order valence-corrected chi connectivity index (χ3v) is 4.26. The van der Waals surface area contributed by atoms with Gasteiger partial charge in [0.25, 0.3) is 0 Å². The predicted molar refractivity (Wildman–Crippen MR) is 148 cm³/mol. The van der Waals surface area contributed by atoms with Crippen molar-refractivity contribution in [3.63, 3.8) is 0 Å². The van der Waals surface area contributed by atoms with Crippen molar-refractivity contribution in [1.29, 1.82) is 0 Å². The van der Waals surface area contributed by atoms with E-state index in [-0.39, 0.29) is 0 Å². The minimum atomic E-state index is 0.963. The van der Waals surface area contributed by atoms with Crippen molar-refractivity contribution < 1.29 is 0 Å². The van der Waals surface area contributed by atoms with E-state index in [2.05, 4.69) is 80.3 Å². The van der Waals surface area contributed by atoms with Crippen LogP contribution in [-0.2, 0) is 0 Å². The summed E-state index contributed by atoms with van der Waals surface area (Å²) in [4.78, 5) is 4.42. The largest absolute Gasteiger partial charge is 0.262 e. The average molecular weight is 426 g/mol. The van der Waals surface area contributed by atoms with Crippen LogP contribution in [0.5, 0.6) is 0 Å². The van der Waals surface area contributed by atoms with Crippen LogP contribution in [-0.4, -0.2) is 6.21 Å². The molecule has 0 aromatic carbocycles. The fourth-order valence-electron chi connectivity index (χ4n) is 2.31. The van der Waals surface area contributed by atoms with Gasteiger partial charge in [0.1, 0.15) is 0 Å². The first-order valence-corrected chi connectivity index (χ1v) is 13.2. The van der Waals surface area contributed by atoms with E-state index in [1.807, 2.05) is 33.9 Å². The molecule has 0 atom stereocenters. The quantitative estimate of drug-likeness (QED) is 0.308. The Bertz CT molecular complexity index is 355. The molecule has 0 aliphatic carbocycles. The van der Waals surface area contributed by atoms with Gasteiger partial charge in [-0.2, -0.15) is 0 Å². The zero-order valence-corrected chi connectivity index (χ0v) is 24.0. The Kier molecular flexibility index (Phi) is 51.1. The highest BCUT2D eigenvalue weighted by molar-refractivity contribution is 5.73. The van der Waals surface area contributed by atoms with Gasteiger partial charge in [-0.05, 0) is 52.0 Å². The number of unbranched alkanes of at least 4 members (excludes halogenated alkanes) is 1. The molecular weight excluding hydrogens is 362 g/mol. The molecule has 0 aromatic rings. The monoisotopic (exact) mass is 425 g/mol. The Morgan fingerprint density at radius 1 is 0.767 bits per heavy atom. The fraction of sp³-hybridized carbons (Fsp3) is 0.828. The van der Waals surface area contributed by atoms with Crippen LogP contribution in [0.15, 0.2) is 27.9 Å². The van der Waals surface area contributed by atoms with Crippen molar-refractivity contribution in [1.82, 2.24) is 0 Å². The lowest BCUT2D eigenvalue weighted by Gasteiger charge is -2.05. The number of aliphatic imine (C=N–C) groups is 1. The summed E-state index contributed by atoms with van der Waals surface area (Å²) >= 11 is 0. The molecule has 0 amide bonds. The number of hydrogen-bond donors (Lipinski definition) is 0. The molecular formula is C29H63N. The van der Waals surface area contributed by atoms with E-state index in [4.69, 9.17) is 0 Å². The molecule has 0 spiro atoms. The van der Waals surface area contributed by atoms with E-state index in [1.54, 1.807) is 0 Å². The maximum absolute atomic E-state index is 4.42. The van der Waals surface area contributed by atoms with Gasteiger partial charge in [-0.3, -0.25) is 4.99 Å². The zero-order chi connectivity index (χ0) is 24.8. The van der Waals surface area contributed by atoms with Crippen LogP contribution in [0.2, 0.25) is 0 Å². The molecule has 0 saturated carbocycles. The first-order valence-electron chi connectivity index (χ1n) is 13.2. The van der Waals surface area contributed by atoms with E-state index >= 15 is 0 Å². The van der Waals surface area contributed by atoms with Gasteiger partial charge in [-0.25, -0.2) is 0 Å². The van der Waals surface area contributed by atoms with Crippen LogP contribution in [0.3, 0.4) is 0 Å². The number of nitrogens with zero attached hydrogens (tertiary/aromatic N) is 1. The van der Waals surface area contributed by atoms with Gasteiger partial charge in [0.15, 0.2) is 0 Å². The summed E-state index contributed by atoms with van der Waals surface area (Å²) in [7, 11) is 0. The van der Waals surface area contributed by atoms with Crippen LogP contribution in [0.4, 0.5) is 0 Å². The van der Waals surface area contributed by atoms with Gasteiger partial charge in [-0.1, -0.05) is 126 Å². The summed E-state index contributed by atoms with van der Waals surface area (Å²) in [5.74, 6) is 0.963. The Balaban J connectivity index is -0.000000116. The maximum atomic E-state index is 4.42. The molecule has 30 heavy (non-hydrogen) atoms. The van der Waals surface area contributed by atoms with Crippen molar-refractivity contribution >= 4 is 6.21 Å². The number of hydrogen-bond acceptors (Lipinski definition) is 1. The molecule has 0 heterocycles. The maximum Gasteiger partial charge on any atom is 0.0361 e. The number of rotatable bonds is 10. The summed E-state index contributed by atoms with van der Waals surface area (Å²) in [6.07, 6.45) is 15.6. The third-order valence-electron chi connectivity index (χ3n) is 4.26. The van der Waals surface area contributed by atoms with Crippen molar-refractivity contribution in [3.8, 4) is 0 Å². The van der Waals surface area contributed by atoms with Crippen molar-refractivity contribution in [2.45, 2.75) is 155 Å². The highest BCUT2D eigenvalue weighted by atomic mass is 14.7. The second-order valence-electron chi connectivity index (χ2n) is 7.50. The van der Waals surface area contributed by atoms with E-state index in [0.29, 0.717) is 0 Å². The second kappa shape index (κ2) is 38.7. The summed E-state index contributed by atoms with van der Waals surface area (Å²) in [6.45, 7) is 29.9. The third kappa shape index (κ3) is 41.5. The number of allylic oxidation sites excluding steroid dienone is 4. The molecule has 0 unspecified atom stereocenters. The van der Waals surface area contributed by atoms with Crippen LogP contribution >= 0.6 is 0 Å². The van der Waals surface area contributed by atoms with E-state index in [9.17, 15) is 0 Å². The van der Waals surface area contributed by atoms with E-state index in [1.165, 1.54) is 62.5 Å². The molecule has 184 valence electrons. The lowest BCUT2D eigenvalue weighted by molar-refractivity contribution is 0.480. The predicted octanol–water partition coefficient (Wildman–Crippen LogP) is 11.6. The molecule has 1 nitrogen and oxygen atoms in total.